The Kier molecular flexibility index (Phi) is 8.49. The second kappa shape index (κ2) is 11.1. The molecule has 0 saturated carbocycles. The van der Waals surface area contributed by atoms with Gasteiger partial charge in [-0.1, -0.05) is 26.7 Å². The van der Waals surface area contributed by atoms with Crippen LogP contribution in [0, 0.1) is 0 Å². The van der Waals surface area contributed by atoms with Gasteiger partial charge in [0.1, 0.15) is 5.82 Å². The SMILES string of the molecule is CCCCn1c(CNCCN2CCCCC2)nc2ccc(SCCC)cc21. The second-order valence-electron chi connectivity index (χ2n) is 7.61. The minimum Gasteiger partial charge on any atom is -0.327 e. The van der Waals surface area contributed by atoms with Crippen molar-refractivity contribution in [3.05, 3.63) is 24.0 Å². The highest BCUT2D eigenvalue weighted by Crippen LogP contribution is 2.25. The van der Waals surface area contributed by atoms with E-state index in [1.807, 2.05) is 11.8 Å². The lowest BCUT2D eigenvalue weighted by Crippen LogP contribution is -2.35. The summed E-state index contributed by atoms with van der Waals surface area (Å²) in [5, 5.41) is 3.65. The van der Waals surface area contributed by atoms with Crippen molar-refractivity contribution in [3.63, 3.8) is 0 Å². The van der Waals surface area contributed by atoms with Gasteiger partial charge in [-0.05, 0) is 62.7 Å². The molecule has 0 bridgehead atoms. The van der Waals surface area contributed by atoms with Gasteiger partial charge in [0.15, 0.2) is 0 Å². The fourth-order valence-electron chi connectivity index (χ4n) is 3.78. The van der Waals surface area contributed by atoms with Gasteiger partial charge in [-0.2, -0.15) is 0 Å². The van der Waals surface area contributed by atoms with Crippen molar-refractivity contribution in [2.45, 2.75) is 70.4 Å². The maximum atomic E-state index is 4.95. The van der Waals surface area contributed by atoms with Crippen LogP contribution in [0.4, 0.5) is 0 Å². The summed E-state index contributed by atoms with van der Waals surface area (Å²) in [7, 11) is 0. The number of likely N-dealkylation sites (tertiary alicyclic amines) is 1. The summed E-state index contributed by atoms with van der Waals surface area (Å²) < 4.78 is 2.45. The van der Waals surface area contributed by atoms with E-state index in [1.54, 1.807) is 0 Å². The average molecular weight is 389 g/mol. The molecule has 0 amide bonds. The van der Waals surface area contributed by atoms with E-state index in [0.717, 1.165) is 31.7 Å². The van der Waals surface area contributed by atoms with Crippen LogP contribution in [0.25, 0.3) is 11.0 Å². The maximum absolute atomic E-state index is 4.95. The van der Waals surface area contributed by atoms with Crippen molar-refractivity contribution in [1.82, 2.24) is 19.8 Å². The number of imidazole rings is 1. The number of rotatable bonds is 11. The van der Waals surface area contributed by atoms with Crippen LogP contribution in [0.15, 0.2) is 23.1 Å². The maximum Gasteiger partial charge on any atom is 0.123 e. The zero-order valence-corrected chi connectivity index (χ0v) is 18.0. The molecule has 1 N–H and O–H groups in total. The molecule has 3 rings (SSSR count). The van der Waals surface area contributed by atoms with Gasteiger partial charge < -0.3 is 14.8 Å². The number of nitrogens with zero attached hydrogens (tertiary/aromatic N) is 3. The van der Waals surface area contributed by atoms with E-state index in [-0.39, 0.29) is 0 Å². The Morgan fingerprint density at radius 1 is 1.07 bits per heavy atom. The first kappa shape index (κ1) is 20.7. The molecule has 5 heteroatoms. The first-order valence-corrected chi connectivity index (χ1v) is 11.9. The van der Waals surface area contributed by atoms with Crippen LogP contribution in [0.5, 0.6) is 0 Å². The molecule has 1 aromatic carbocycles. The quantitative estimate of drug-likeness (QED) is 0.438. The molecule has 1 aromatic heterocycles. The number of hydrogen-bond acceptors (Lipinski definition) is 4. The van der Waals surface area contributed by atoms with E-state index in [2.05, 4.69) is 46.8 Å². The summed E-state index contributed by atoms with van der Waals surface area (Å²) in [4.78, 5) is 8.91. The van der Waals surface area contributed by atoms with Crippen molar-refractivity contribution in [2.24, 2.45) is 0 Å². The van der Waals surface area contributed by atoms with Crippen molar-refractivity contribution < 1.29 is 0 Å². The molecule has 0 radical (unpaired) electrons. The largest absolute Gasteiger partial charge is 0.327 e. The Morgan fingerprint density at radius 2 is 1.93 bits per heavy atom. The standard InChI is InChI=1S/C22H36N4S/c1-3-5-14-26-21-17-19(27-16-4-2)9-10-20(21)24-22(26)18-23-11-15-25-12-7-6-8-13-25/h9-10,17,23H,3-8,11-16,18H2,1-2H3. The van der Waals surface area contributed by atoms with Gasteiger partial charge in [-0.25, -0.2) is 4.98 Å². The third-order valence-corrected chi connectivity index (χ3v) is 6.54. The minimum absolute atomic E-state index is 0.865. The number of piperidine rings is 1. The Labute approximate surface area is 169 Å². The normalized spacial score (nSPS) is 15.6. The van der Waals surface area contributed by atoms with Crippen molar-refractivity contribution >= 4 is 22.8 Å². The predicted molar refractivity (Wildman–Crippen MR) is 118 cm³/mol. The molecule has 0 unspecified atom stereocenters. The molecule has 1 aliphatic heterocycles. The third-order valence-electron chi connectivity index (χ3n) is 5.34. The molecule has 4 nitrogen and oxygen atoms in total. The number of aryl methyl sites for hydroxylation is 1. The molecule has 0 spiro atoms. The number of aromatic nitrogens is 2. The van der Waals surface area contributed by atoms with Crippen LogP contribution in [0.3, 0.4) is 0 Å². The first-order chi connectivity index (χ1) is 13.3. The van der Waals surface area contributed by atoms with Gasteiger partial charge >= 0.3 is 0 Å². The van der Waals surface area contributed by atoms with Crippen molar-refractivity contribution in [2.75, 3.05) is 31.9 Å². The van der Waals surface area contributed by atoms with Crippen LogP contribution < -0.4 is 5.32 Å². The van der Waals surface area contributed by atoms with Crippen LogP contribution >= 0.6 is 11.8 Å². The number of benzene rings is 1. The summed E-state index contributed by atoms with van der Waals surface area (Å²) in [6.45, 7) is 11.2. The molecular weight excluding hydrogens is 352 g/mol. The van der Waals surface area contributed by atoms with E-state index < -0.39 is 0 Å². The van der Waals surface area contributed by atoms with Crippen molar-refractivity contribution in [1.29, 1.82) is 0 Å². The highest BCUT2D eigenvalue weighted by molar-refractivity contribution is 7.99. The smallest absolute Gasteiger partial charge is 0.123 e. The molecule has 27 heavy (non-hydrogen) atoms. The number of fused-ring (bicyclic) bond motifs is 1. The highest BCUT2D eigenvalue weighted by atomic mass is 32.2. The summed E-state index contributed by atoms with van der Waals surface area (Å²) in [6.07, 6.45) is 7.77. The fourth-order valence-corrected chi connectivity index (χ4v) is 4.58. The summed E-state index contributed by atoms with van der Waals surface area (Å²) in [5.41, 5.74) is 2.44. The predicted octanol–water partition coefficient (Wildman–Crippen LogP) is 4.91. The average Bonchev–Trinajstić information content (AvgIpc) is 3.05. The van der Waals surface area contributed by atoms with E-state index in [1.165, 1.54) is 73.6 Å². The molecule has 1 aliphatic rings. The second-order valence-corrected chi connectivity index (χ2v) is 8.78. The molecule has 1 saturated heterocycles. The van der Waals surface area contributed by atoms with Gasteiger partial charge in [0, 0.05) is 24.5 Å². The van der Waals surface area contributed by atoms with Gasteiger partial charge in [-0.15, -0.1) is 11.8 Å². The molecule has 0 atom stereocenters. The fraction of sp³-hybridized carbons (Fsp3) is 0.682. The molecule has 0 aliphatic carbocycles. The minimum atomic E-state index is 0.865. The zero-order valence-electron chi connectivity index (χ0n) is 17.2. The lowest BCUT2D eigenvalue weighted by molar-refractivity contribution is 0.228. The number of nitrogens with one attached hydrogen (secondary N) is 1. The lowest BCUT2D eigenvalue weighted by Gasteiger charge is -2.26. The lowest BCUT2D eigenvalue weighted by atomic mass is 10.1. The Hall–Kier alpha value is -1.04. The first-order valence-electron chi connectivity index (χ1n) is 10.9. The van der Waals surface area contributed by atoms with Gasteiger partial charge in [0.25, 0.3) is 0 Å². The number of unbranched alkanes of at least 4 members (excludes halogenated alkanes) is 1. The van der Waals surface area contributed by atoms with Crippen molar-refractivity contribution in [3.8, 4) is 0 Å². The van der Waals surface area contributed by atoms with Crippen LogP contribution in [0.2, 0.25) is 0 Å². The Morgan fingerprint density at radius 3 is 2.70 bits per heavy atom. The van der Waals surface area contributed by atoms with Crippen LogP contribution in [-0.2, 0) is 13.1 Å². The van der Waals surface area contributed by atoms with Crippen LogP contribution in [-0.4, -0.2) is 46.4 Å². The zero-order chi connectivity index (χ0) is 18.9. The Balaban J connectivity index is 1.64. The Bertz CT molecular complexity index is 691. The van der Waals surface area contributed by atoms with Gasteiger partial charge in [-0.3, -0.25) is 0 Å². The monoisotopic (exact) mass is 388 g/mol. The molecule has 150 valence electrons. The number of hydrogen-bond donors (Lipinski definition) is 1. The van der Waals surface area contributed by atoms with Crippen LogP contribution in [0.1, 0.15) is 58.2 Å². The summed E-state index contributed by atoms with van der Waals surface area (Å²) in [5.74, 6) is 2.37. The summed E-state index contributed by atoms with van der Waals surface area (Å²) >= 11 is 1.95. The topological polar surface area (TPSA) is 33.1 Å². The van der Waals surface area contributed by atoms with Gasteiger partial charge in [0.05, 0.1) is 17.6 Å². The van der Waals surface area contributed by atoms with Gasteiger partial charge in [0.2, 0.25) is 0 Å². The van der Waals surface area contributed by atoms with E-state index in [0.29, 0.717) is 0 Å². The molecule has 2 heterocycles. The van der Waals surface area contributed by atoms with E-state index >= 15 is 0 Å². The third kappa shape index (κ3) is 5.97. The number of thioether (sulfide) groups is 1. The molecule has 1 fully saturated rings. The molecule has 2 aromatic rings. The highest BCUT2D eigenvalue weighted by Gasteiger charge is 2.12. The van der Waals surface area contributed by atoms with E-state index in [4.69, 9.17) is 4.98 Å². The molecular formula is C22H36N4S. The van der Waals surface area contributed by atoms with E-state index in [9.17, 15) is 0 Å². The summed E-state index contributed by atoms with van der Waals surface area (Å²) in [6, 6.07) is 6.77.